The highest BCUT2D eigenvalue weighted by Crippen LogP contribution is 2.34. The lowest BCUT2D eigenvalue weighted by Gasteiger charge is -2.37. The van der Waals surface area contributed by atoms with Gasteiger partial charge in [0.25, 0.3) is 5.56 Å². The van der Waals surface area contributed by atoms with Crippen molar-refractivity contribution in [1.29, 1.82) is 0 Å². The van der Waals surface area contributed by atoms with Gasteiger partial charge in [-0.15, -0.1) is 0 Å². The molecule has 0 spiro atoms. The molecular weight excluding hydrogens is 414 g/mol. The van der Waals surface area contributed by atoms with Crippen LogP contribution in [0, 0.1) is 5.92 Å². The molecule has 1 fully saturated rings. The SMILES string of the molecule is CCCCN(C(=O)C1CCC1)C(CC)c1nc2ccccc2c(=O)n1-c1ccccc1OC. The zero-order valence-electron chi connectivity index (χ0n) is 19.8. The van der Waals surface area contributed by atoms with Gasteiger partial charge in [-0.3, -0.25) is 14.2 Å². The molecule has 1 aromatic heterocycles. The molecule has 0 bridgehead atoms. The van der Waals surface area contributed by atoms with Crippen LogP contribution >= 0.6 is 0 Å². The summed E-state index contributed by atoms with van der Waals surface area (Å²) in [5.74, 6) is 1.46. The van der Waals surface area contributed by atoms with Crippen molar-refractivity contribution in [2.75, 3.05) is 13.7 Å². The fourth-order valence-corrected chi connectivity index (χ4v) is 4.60. The van der Waals surface area contributed by atoms with Gasteiger partial charge in [0.2, 0.25) is 5.91 Å². The minimum Gasteiger partial charge on any atom is -0.495 e. The van der Waals surface area contributed by atoms with Crippen LogP contribution in [-0.4, -0.2) is 34.0 Å². The van der Waals surface area contributed by atoms with E-state index >= 15 is 0 Å². The summed E-state index contributed by atoms with van der Waals surface area (Å²) < 4.78 is 7.26. The molecule has 0 radical (unpaired) electrons. The number of amides is 1. The Labute approximate surface area is 195 Å². The first-order chi connectivity index (χ1) is 16.1. The maximum absolute atomic E-state index is 13.8. The van der Waals surface area contributed by atoms with Gasteiger partial charge in [-0.05, 0) is 49.9 Å². The zero-order valence-corrected chi connectivity index (χ0v) is 19.8. The van der Waals surface area contributed by atoms with E-state index in [0.29, 0.717) is 41.1 Å². The molecule has 0 saturated heterocycles. The number of fused-ring (bicyclic) bond motifs is 1. The third kappa shape index (κ3) is 4.39. The fourth-order valence-electron chi connectivity index (χ4n) is 4.60. The van der Waals surface area contributed by atoms with Gasteiger partial charge in [0, 0.05) is 12.5 Å². The zero-order chi connectivity index (χ0) is 23.4. The molecule has 6 nitrogen and oxygen atoms in total. The molecule has 4 rings (SSSR count). The molecule has 0 N–H and O–H groups in total. The van der Waals surface area contributed by atoms with Gasteiger partial charge in [0.1, 0.15) is 11.6 Å². The van der Waals surface area contributed by atoms with Crippen LogP contribution < -0.4 is 10.3 Å². The van der Waals surface area contributed by atoms with E-state index in [1.54, 1.807) is 17.7 Å². The highest BCUT2D eigenvalue weighted by atomic mass is 16.5. The molecule has 1 aliphatic carbocycles. The molecule has 1 unspecified atom stereocenters. The Bertz CT molecular complexity index is 1180. The van der Waals surface area contributed by atoms with E-state index in [0.717, 1.165) is 32.1 Å². The van der Waals surface area contributed by atoms with Crippen molar-refractivity contribution in [2.45, 2.75) is 58.4 Å². The van der Waals surface area contributed by atoms with Gasteiger partial charge in [-0.25, -0.2) is 4.98 Å². The van der Waals surface area contributed by atoms with Crippen molar-refractivity contribution >= 4 is 16.8 Å². The molecule has 1 amide bonds. The van der Waals surface area contributed by atoms with Gasteiger partial charge in [-0.2, -0.15) is 0 Å². The van der Waals surface area contributed by atoms with E-state index in [-0.39, 0.29) is 23.4 Å². The average molecular weight is 448 g/mol. The first-order valence-corrected chi connectivity index (χ1v) is 12.1. The van der Waals surface area contributed by atoms with Crippen molar-refractivity contribution in [3.8, 4) is 11.4 Å². The van der Waals surface area contributed by atoms with Crippen molar-refractivity contribution in [3.05, 3.63) is 64.7 Å². The fraction of sp³-hybridized carbons (Fsp3) is 0.444. The molecule has 0 aliphatic heterocycles. The normalized spacial score (nSPS) is 14.6. The van der Waals surface area contributed by atoms with Gasteiger partial charge in [0.15, 0.2) is 0 Å². The summed E-state index contributed by atoms with van der Waals surface area (Å²) in [6.07, 6.45) is 5.58. The van der Waals surface area contributed by atoms with Crippen molar-refractivity contribution < 1.29 is 9.53 Å². The lowest BCUT2D eigenvalue weighted by atomic mass is 9.84. The number of ether oxygens (including phenoxy) is 1. The second-order valence-corrected chi connectivity index (χ2v) is 8.74. The van der Waals surface area contributed by atoms with Crippen LogP contribution in [-0.2, 0) is 4.79 Å². The van der Waals surface area contributed by atoms with Gasteiger partial charge in [0.05, 0.1) is 29.7 Å². The van der Waals surface area contributed by atoms with Crippen molar-refractivity contribution in [1.82, 2.24) is 14.5 Å². The Balaban J connectivity index is 1.95. The van der Waals surface area contributed by atoms with Crippen LogP contribution in [0.5, 0.6) is 5.75 Å². The topological polar surface area (TPSA) is 64.4 Å². The second kappa shape index (κ2) is 10.2. The number of para-hydroxylation sites is 3. The number of carbonyl (C=O) groups excluding carboxylic acids is 1. The molecule has 174 valence electrons. The van der Waals surface area contributed by atoms with E-state index in [9.17, 15) is 9.59 Å². The first-order valence-electron chi connectivity index (χ1n) is 12.1. The van der Waals surface area contributed by atoms with Crippen LogP contribution in [0.1, 0.15) is 64.2 Å². The highest BCUT2D eigenvalue weighted by Gasteiger charge is 2.35. The summed E-state index contributed by atoms with van der Waals surface area (Å²) in [5.41, 5.74) is 1.14. The summed E-state index contributed by atoms with van der Waals surface area (Å²) >= 11 is 0. The van der Waals surface area contributed by atoms with Crippen molar-refractivity contribution in [3.63, 3.8) is 0 Å². The predicted octanol–water partition coefficient (Wildman–Crippen LogP) is 5.27. The van der Waals surface area contributed by atoms with Crippen LogP contribution in [0.3, 0.4) is 0 Å². The van der Waals surface area contributed by atoms with Gasteiger partial charge < -0.3 is 9.64 Å². The lowest BCUT2D eigenvalue weighted by Crippen LogP contribution is -2.43. The molecule has 2 aromatic carbocycles. The number of nitrogens with zero attached hydrogens (tertiary/aromatic N) is 3. The molecule has 3 aromatic rings. The van der Waals surface area contributed by atoms with E-state index in [2.05, 4.69) is 13.8 Å². The Morgan fingerprint density at radius 1 is 1.15 bits per heavy atom. The van der Waals surface area contributed by atoms with Crippen LogP contribution in [0.15, 0.2) is 53.3 Å². The molecule has 33 heavy (non-hydrogen) atoms. The maximum Gasteiger partial charge on any atom is 0.266 e. The largest absolute Gasteiger partial charge is 0.495 e. The molecule has 6 heteroatoms. The number of hydrogen-bond acceptors (Lipinski definition) is 4. The van der Waals surface area contributed by atoms with Gasteiger partial charge >= 0.3 is 0 Å². The molecule has 1 heterocycles. The number of methoxy groups -OCH3 is 1. The summed E-state index contributed by atoms with van der Waals surface area (Å²) in [6, 6.07) is 14.6. The summed E-state index contributed by atoms with van der Waals surface area (Å²) in [4.78, 5) is 34.3. The number of hydrogen-bond donors (Lipinski definition) is 0. The number of rotatable bonds is 9. The summed E-state index contributed by atoms with van der Waals surface area (Å²) in [7, 11) is 1.60. The standard InChI is InChI=1S/C27H33N3O3/c1-4-6-18-29(26(31)19-12-11-13-19)22(5-2)25-28-21-15-8-7-14-20(21)27(32)30(25)23-16-9-10-17-24(23)33-3/h7-10,14-17,19,22H,4-6,11-13,18H2,1-3H3. The molecular formula is C27H33N3O3. The summed E-state index contributed by atoms with van der Waals surface area (Å²) in [5, 5.41) is 0.549. The van der Waals surface area contributed by atoms with E-state index in [4.69, 9.17) is 9.72 Å². The Morgan fingerprint density at radius 2 is 1.88 bits per heavy atom. The number of carbonyl (C=O) groups is 1. The third-order valence-corrected chi connectivity index (χ3v) is 6.68. The van der Waals surface area contributed by atoms with Crippen molar-refractivity contribution in [2.24, 2.45) is 5.92 Å². The monoisotopic (exact) mass is 447 g/mol. The Morgan fingerprint density at radius 3 is 2.55 bits per heavy atom. The predicted molar refractivity (Wildman–Crippen MR) is 131 cm³/mol. The number of benzene rings is 2. The Kier molecular flexibility index (Phi) is 7.11. The second-order valence-electron chi connectivity index (χ2n) is 8.74. The minimum atomic E-state index is -0.299. The highest BCUT2D eigenvalue weighted by molar-refractivity contribution is 5.81. The minimum absolute atomic E-state index is 0.0859. The molecule has 1 aliphatic rings. The van der Waals surface area contributed by atoms with Crippen LogP contribution in [0.25, 0.3) is 16.6 Å². The molecule has 1 atom stereocenters. The quantitative estimate of drug-likeness (QED) is 0.448. The van der Waals surface area contributed by atoms with E-state index < -0.39 is 0 Å². The first kappa shape index (κ1) is 23.0. The summed E-state index contributed by atoms with van der Waals surface area (Å²) in [6.45, 7) is 4.86. The number of unbranched alkanes of at least 4 members (excludes halogenated alkanes) is 1. The van der Waals surface area contributed by atoms with Gasteiger partial charge in [-0.1, -0.05) is 51.0 Å². The maximum atomic E-state index is 13.8. The van der Waals surface area contributed by atoms with Crippen LogP contribution in [0.2, 0.25) is 0 Å². The average Bonchev–Trinajstić information content (AvgIpc) is 2.80. The third-order valence-electron chi connectivity index (χ3n) is 6.68. The number of aromatic nitrogens is 2. The Hall–Kier alpha value is -3.15. The smallest absolute Gasteiger partial charge is 0.266 e. The lowest BCUT2D eigenvalue weighted by molar-refractivity contribution is -0.141. The molecule has 1 saturated carbocycles. The van der Waals surface area contributed by atoms with Crippen LogP contribution in [0.4, 0.5) is 0 Å². The van der Waals surface area contributed by atoms with E-state index in [1.807, 2.05) is 47.4 Å². The van der Waals surface area contributed by atoms with E-state index in [1.165, 1.54) is 0 Å².